The number of anilines is 2. The van der Waals surface area contributed by atoms with Gasteiger partial charge < -0.3 is 20.4 Å². The first-order valence-electron chi connectivity index (χ1n) is 9.69. The maximum Gasteiger partial charge on any atom is 0.257 e. The second kappa shape index (κ2) is 9.46. The summed E-state index contributed by atoms with van der Waals surface area (Å²) >= 11 is 7.30. The number of aromatic amines is 1. The molecule has 164 valence electrons. The van der Waals surface area contributed by atoms with Crippen molar-refractivity contribution in [1.29, 1.82) is 0 Å². The average Bonchev–Trinajstić information content (AvgIpc) is 2.77. The minimum atomic E-state index is -0.965. The van der Waals surface area contributed by atoms with E-state index in [2.05, 4.69) is 20.6 Å². The molecule has 0 bridgehead atoms. The van der Waals surface area contributed by atoms with Crippen LogP contribution in [0.3, 0.4) is 0 Å². The van der Waals surface area contributed by atoms with Crippen molar-refractivity contribution in [2.75, 3.05) is 17.7 Å². The van der Waals surface area contributed by atoms with Crippen LogP contribution in [0.5, 0.6) is 5.75 Å². The van der Waals surface area contributed by atoms with Crippen LogP contribution in [0.4, 0.5) is 11.5 Å². The molecule has 1 aromatic heterocycles. The zero-order valence-corrected chi connectivity index (χ0v) is 18.5. The van der Waals surface area contributed by atoms with Crippen LogP contribution in [0.25, 0.3) is 0 Å². The number of ether oxygens (including phenoxy) is 1. The van der Waals surface area contributed by atoms with E-state index in [1.54, 1.807) is 30.3 Å². The molecule has 0 saturated carbocycles. The second-order valence-corrected chi connectivity index (χ2v) is 8.48. The molecule has 2 heterocycles. The molecular formula is C22H19ClN4O4S. The quantitative estimate of drug-likeness (QED) is 0.373. The number of methoxy groups -OCH3 is 1. The third kappa shape index (κ3) is 4.95. The number of carbonyl (C=O) groups is 2. The number of hydrogen-bond acceptors (Lipinski definition) is 6. The third-order valence-corrected chi connectivity index (χ3v) is 6.03. The van der Waals surface area contributed by atoms with Crippen molar-refractivity contribution in [3.63, 3.8) is 0 Å². The number of rotatable bonds is 6. The molecule has 10 heteroatoms. The molecule has 1 aliphatic rings. The second-order valence-electron chi connectivity index (χ2n) is 7.08. The summed E-state index contributed by atoms with van der Waals surface area (Å²) in [6, 6.07) is 14.2. The van der Waals surface area contributed by atoms with Crippen molar-refractivity contribution < 1.29 is 14.3 Å². The fraction of sp³-hybridized carbons (Fsp3) is 0.182. The van der Waals surface area contributed by atoms with Crippen molar-refractivity contribution in [2.24, 2.45) is 0 Å². The van der Waals surface area contributed by atoms with Crippen LogP contribution in [-0.2, 0) is 15.3 Å². The van der Waals surface area contributed by atoms with Crippen molar-refractivity contribution in [1.82, 2.24) is 9.97 Å². The summed E-state index contributed by atoms with van der Waals surface area (Å²) in [5, 5.41) is 6.31. The standard InChI is InChI=1S/C22H19ClN4O4S/c1-31-15-7-3-6-14(9-15)24-20(29)16-10-17(28)25-19-18(16)21(30)27-22(26-19)32-11-12-4-2-5-13(23)8-12/h2-9,16H,10-11H2,1H3,(H,24,29)(H2,25,26,27,28,30). The van der Waals surface area contributed by atoms with E-state index in [1.807, 2.05) is 18.2 Å². The van der Waals surface area contributed by atoms with Gasteiger partial charge in [-0.25, -0.2) is 4.98 Å². The highest BCUT2D eigenvalue weighted by atomic mass is 35.5. The van der Waals surface area contributed by atoms with Crippen LogP contribution >= 0.6 is 23.4 Å². The number of nitrogens with one attached hydrogen (secondary N) is 3. The van der Waals surface area contributed by atoms with Crippen LogP contribution in [0, 0.1) is 0 Å². The topological polar surface area (TPSA) is 113 Å². The molecule has 3 N–H and O–H groups in total. The normalized spacial score (nSPS) is 14.9. The van der Waals surface area contributed by atoms with E-state index in [4.69, 9.17) is 16.3 Å². The van der Waals surface area contributed by atoms with Crippen LogP contribution in [-0.4, -0.2) is 28.9 Å². The lowest BCUT2D eigenvalue weighted by Crippen LogP contribution is -2.36. The van der Waals surface area contributed by atoms with E-state index >= 15 is 0 Å². The molecule has 0 aliphatic carbocycles. The summed E-state index contributed by atoms with van der Waals surface area (Å²) in [5.41, 5.74) is 1.13. The van der Waals surface area contributed by atoms with E-state index in [0.29, 0.717) is 27.4 Å². The number of fused-ring (bicyclic) bond motifs is 1. The summed E-state index contributed by atoms with van der Waals surface area (Å²) in [6.45, 7) is 0. The lowest BCUT2D eigenvalue weighted by atomic mass is 9.92. The van der Waals surface area contributed by atoms with Gasteiger partial charge in [0.1, 0.15) is 11.6 Å². The first kappa shape index (κ1) is 21.9. The number of H-pyrrole nitrogens is 1. The van der Waals surface area contributed by atoms with E-state index in [9.17, 15) is 14.4 Å². The number of amides is 2. The largest absolute Gasteiger partial charge is 0.497 e. The Morgan fingerprint density at radius 1 is 1.25 bits per heavy atom. The number of hydrogen-bond donors (Lipinski definition) is 3. The third-order valence-electron chi connectivity index (χ3n) is 4.85. The Balaban J connectivity index is 1.57. The SMILES string of the molecule is COc1cccc(NC(=O)C2CC(=O)Nc3nc(SCc4cccc(Cl)c4)[nH]c(=O)c32)c1. The number of carbonyl (C=O) groups excluding carboxylic acids is 2. The van der Waals surface area contributed by atoms with Gasteiger partial charge in [-0.2, -0.15) is 0 Å². The summed E-state index contributed by atoms with van der Waals surface area (Å²) in [7, 11) is 1.52. The van der Waals surface area contributed by atoms with Gasteiger partial charge in [-0.3, -0.25) is 14.4 Å². The number of benzene rings is 2. The number of thioether (sulfide) groups is 1. The Morgan fingerprint density at radius 3 is 2.84 bits per heavy atom. The molecule has 0 saturated heterocycles. The van der Waals surface area contributed by atoms with Crippen molar-refractivity contribution in [3.8, 4) is 5.75 Å². The first-order valence-corrected chi connectivity index (χ1v) is 11.1. The minimum Gasteiger partial charge on any atom is -0.497 e. The molecule has 0 radical (unpaired) electrons. The molecule has 1 unspecified atom stereocenters. The summed E-state index contributed by atoms with van der Waals surface area (Å²) in [4.78, 5) is 45.1. The fourth-order valence-corrected chi connectivity index (χ4v) is 4.37. The van der Waals surface area contributed by atoms with Crippen LogP contribution in [0.2, 0.25) is 5.02 Å². The van der Waals surface area contributed by atoms with Crippen LogP contribution < -0.4 is 20.9 Å². The molecule has 1 atom stereocenters. The van der Waals surface area contributed by atoms with E-state index < -0.39 is 17.4 Å². The van der Waals surface area contributed by atoms with Gasteiger partial charge >= 0.3 is 0 Å². The van der Waals surface area contributed by atoms with Gasteiger partial charge in [0.25, 0.3) is 5.56 Å². The number of nitrogens with zero attached hydrogens (tertiary/aromatic N) is 1. The fourth-order valence-electron chi connectivity index (χ4n) is 3.35. The van der Waals surface area contributed by atoms with Gasteiger partial charge in [0.15, 0.2) is 5.16 Å². The zero-order valence-electron chi connectivity index (χ0n) is 17.0. The van der Waals surface area contributed by atoms with Crippen molar-refractivity contribution >= 4 is 46.7 Å². The summed E-state index contributed by atoms with van der Waals surface area (Å²) < 4.78 is 5.16. The predicted octanol–water partition coefficient (Wildman–Crippen LogP) is 3.79. The lowest BCUT2D eigenvalue weighted by molar-refractivity contribution is -0.123. The highest BCUT2D eigenvalue weighted by Gasteiger charge is 2.34. The first-order chi connectivity index (χ1) is 15.4. The Labute approximate surface area is 192 Å². The van der Waals surface area contributed by atoms with Crippen molar-refractivity contribution in [3.05, 3.63) is 75.0 Å². The van der Waals surface area contributed by atoms with Gasteiger partial charge in [-0.15, -0.1) is 0 Å². The zero-order chi connectivity index (χ0) is 22.7. The smallest absolute Gasteiger partial charge is 0.257 e. The molecule has 1 aliphatic heterocycles. The number of aromatic nitrogens is 2. The Bertz CT molecular complexity index is 1250. The average molecular weight is 471 g/mol. The van der Waals surface area contributed by atoms with Gasteiger partial charge in [0.2, 0.25) is 11.8 Å². The molecule has 8 nitrogen and oxygen atoms in total. The number of halogens is 1. The predicted molar refractivity (Wildman–Crippen MR) is 123 cm³/mol. The van der Waals surface area contributed by atoms with Gasteiger partial charge in [0, 0.05) is 29.0 Å². The molecule has 4 rings (SSSR count). The lowest BCUT2D eigenvalue weighted by Gasteiger charge is -2.23. The van der Waals surface area contributed by atoms with Gasteiger partial charge in [0.05, 0.1) is 18.6 Å². The van der Waals surface area contributed by atoms with Crippen LogP contribution in [0.1, 0.15) is 23.5 Å². The summed E-state index contributed by atoms with van der Waals surface area (Å²) in [5.74, 6) is -0.619. The maximum absolute atomic E-state index is 12.9. The van der Waals surface area contributed by atoms with E-state index in [-0.39, 0.29) is 23.7 Å². The highest BCUT2D eigenvalue weighted by Crippen LogP contribution is 2.31. The Morgan fingerprint density at radius 2 is 2.06 bits per heavy atom. The molecule has 0 spiro atoms. The highest BCUT2D eigenvalue weighted by molar-refractivity contribution is 7.98. The maximum atomic E-state index is 12.9. The molecule has 2 aromatic carbocycles. The van der Waals surface area contributed by atoms with E-state index in [0.717, 1.165) is 5.56 Å². The van der Waals surface area contributed by atoms with Crippen LogP contribution in [0.15, 0.2) is 58.5 Å². The Kier molecular flexibility index (Phi) is 6.48. The van der Waals surface area contributed by atoms with E-state index in [1.165, 1.54) is 18.9 Å². The van der Waals surface area contributed by atoms with Crippen molar-refractivity contribution in [2.45, 2.75) is 23.2 Å². The monoisotopic (exact) mass is 470 g/mol. The molecule has 32 heavy (non-hydrogen) atoms. The molecule has 3 aromatic rings. The van der Waals surface area contributed by atoms with Gasteiger partial charge in [-0.05, 0) is 29.8 Å². The molecular weight excluding hydrogens is 452 g/mol. The molecule has 0 fully saturated rings. The minimum absolute atomic E-state index is 0.101. The molecule has 2 amide bonds. The summed E-state index contributed by atoms with van der Waals surface area (Å²) in [6.07, 6.45) is -0.150. The van der Waals surface area contributed by atoms with Gasteiger partial charge in [-0.1, -0.05) is 41.6 Å². The Hall–Kier alpha value is -3.30.